The molecule has 14 heavy (non-hydrogen) atoms. The van der Waals surface area contributed by atoms with E-state index in [0.29, 0.717) is 13.0 Å². The van der Waals surface area contributed by atoms with Crippen molar-refractivity contribution in [2.45, 2.75) is 18.7 Å². The molecule has 0 spiro atoms. The fraction of sp³-hybridized carbons (Fsp3) is 0.364. The van der Waals surface area contributed by atoms with Crippen molar-refractivity contribution in [1.29, 1.82) is 0 Å². The molecule has 0 saturated heterocycles. The molecule has 0 aliphatic rings. The van der Waals surface area contributed by atoms with Crippen molar-refractivity contribution in [3.63, 3.8) is 0 Å². The van der Waals surface area contributed by atoms with Crippen molar-refractivity contribution >= 4 is 17.6 Å². The number of carbonyl (C=O) groups excluding carboxylic acids is 1. The van der Waals surface area contributed by atoms with Crippen LogP contribution in [0.15, 0.2) is 30.3 Å². The van der Waals surface area contributed by atoms with Gasteiger partial charge in [-0.05, 0) is 18.9 Å². The Morgan fingerprint density at radius 2 is 2.07 bits per heavy atom. The van der Waals surface area contributed by atoms with Gasteiger partial charge in [-0.3, -0.25) is 4.79 Å². The molecule has 0 N–H and O–H groups in total. The lowest BCUT2D eigenvalue weighted by Crippen LogP contribution is -2.20. The van der Waals surface area contributed by atoms with Crippen LogP contribution in [-0.4, -0.2) is 18.0 Å². The molecule has 0 unspecified atom stereocenters. The Morgan fingerprint density at radius 1 is 1.43 bits per heavy atom. The van der Waals surface area contributed by atoms with E-state index in [1.807, 2.05) is 30.3 Å². The summed E-state index contributed by atoms with van der Waals surface area (Å²) in [6.07, 6.45) is 0.515. The molecule has 0 amide bonds. The molecule has 2 nitrogen and oxygen atoms in total. The van der Waals surface area contributed by atoms with Crippen LogP contribution in [-0.2, 0) is 16.0 Å². The van der Waals surface area contributed by atoms with Crippen molar-refractivity contribution in [3.8, 4) is 0 Å². The highest BCUT2D eigenvalue weighted by molar-refractivity contribution is 6.30. The van der Waals surface area contributed by atoms with Gasteiger partial charge in [-0.1, -0.05) is 30.3 Å². The molecule has 0 aliphatic heterocycles. The smallest absolute Gasteiger partial charge is 0.324 e. The zero-order chi connectivity index (χ0) is 10.4. The predicted molar refractivity (Wildman–Crippen MR) is 56.4 cm³/mol. The average Bonchev–Trinajstić information content (AvgIpc) is 2.19. The fourth-order valence-corrected chi connectivity index (χ4v) is 1.38. The van der Waals surface area contributed by atoms with Gasteiger partial charge in [0.2, 0.25) is 0 Å². The monoisotopic (exact) mass is 212 g/mol. The summed E-state index contributed by atoms with van der Waals surface area (Å²) in [6.45, 7) is 2.14. The molecule has 1 aromatic rings. The summed E-state index contributed by atoms with van der Waals surface area (Å²) < 4.78 is 4.80. The first-order valence-corrected chi connectivity index (χ1v) is 5.02. The van der Waals surface area contributed by atoms with Gasteiger partial charge >= 0.3 is 5.97 Å². The Hall–Kier alpha value is -1.02. The summed E-state index contributed by atoms with van der Waals surface area (Å²) in [4.78, 5) is 11.2. The van der Waals surface area contributed by atoms with Crippen LogP contribution in [0.2, 0.25) is 0 Å². The molecule has 0 aliphatic carbocycles. The molecule has 0 saturated carbocycles. The van der Waals surface area contributed by atoms with E-state index < -0.39 is 5.38 Å². The maximum atomic E-state index is 11.2. The number of hydrogen-bond acceptors (Lipinski definition) is 2. The fourth-order valence-electron chi connectivity index (χ4n) is 1.14. The van der Waals surface area contributed by atoms with Crippen LogP contribution in [0.1, 0.15) is 12.5 Å². The Morgan fingerprint density at radius 3 is 2.64 bits per heavy atom. The first-order valence-electron chi connectivity index (χ1n) is 4.58. The molecule has 1 aromatic carbocycles. The van der Waals surface area contributed by atoms with Crippen LogP contribution in [0, 0.1) is 0 Å². The van der Waals surface area contributed by atoms with Crippen molar-refractivity contribution < 1.29 is 9.53 Å². The van der Waals surface area contributed by atoms with Gasteiger partial charge in [-0.25, -0.2) is 0 Å². The summed E-state index contributed by atoms with van der Waals surface area (Å²) in [5.74, 6) is -0.349. The summed E-state index contributed by atoms with van der Waals surface area (Å²) in [6, 6.07) is 9.65. The van der Waals surface area contributed by atoms with Crippen molar-refractivity contribution in [3.05, 3.63) is 35.9 Å². The lowest BCUT2D eigenvalue weighted by molar-refractivity contribution is -0.142. The number of esters is 1. The van der Waals surface area contributed by atoms with Gasteiger partial charge in [0.25, 0.3) is 0 Å². The average molecular weight is 213 g/mol. The van der Waals surface area contributed by atoms with Gasteiger partial charge in [-0.15, -0.1) is 11.6 Å². The lowest BCUT2D eigenvalue weighted by atomic mass is 10.1. The highest BCUT2D eigenvalue weighted by Gasteiger charge is 2.16. The predicted octanol–water partition coefficient (Wildman–Crippen LogP) is 2.40. The Kier molecular flexibility index (Phi) is 4.47. The van der Waals surface area contributed by atoms with Crippen LogP contribution in [0.25, 0.3) is 0 Å². The quantitative estimate of drug-likeness (QED) is 0.566. The molecule has 1 atom stereocenters. The van der Waals surface area contributed by atoms with E-state index >= 15 is 0 Å². The molecule has 0 bridgehead atoms. The highest BCUT2D eigenvalue weighted by Crippen LogP contribution is 2.09. The Balaban J connectivity index is 2.49. The molecule has 1 rings (SSSR count). The highest BCUT2D eigenvalue weighted by atomic mass is 35.5. The molecular formula is C11H13ClO2. The minimum absolute atomic E-state index is 0.349. The van der Waals surface area contributed by atoms with Gasteiger partial charge in [0.15, 0.2) is 0 Å². The second-order valence-corrected chi connectivity index (χ2v) is 3.44. The largest absolute Gasteiger partial charge is 0.465 e. The van der Waals surface area contributed by atoms with Crippen molar-refractivity contribution in [1.82, 2.24) is 0 Å². The van der Waals surface area contributed by atoms with Gasteiger partial charge in [0, 0.05) is 0 Å². The molecule has 76 valence electrons. The number of hydrogen-bond donors (Lipinski definition) is 0. The lowest BCUT2D eigenvalue weighted by Gasteiger charge is -2.08. The third-order valence-corrected chi connectivity index (χ3v) is 2.13. The summed E-state index contributed by atoms with van der Waals surface area (Å²) in [5.41, 5.74) is 1.04. The van der Waals surface area contributed by atoms with Gasteiger partial charge < -0.3 is 4.74 Å². The van der Waals surface area contributed by atoms with Gasteiger partial charge in [-0.2, -0.15) is 0 Å². The summed E-state index contributed by atoms with van der Waals surface area (Å²) in [5, 5.41) is -0.586. The number of rotatable bonds is 4. The Bertz CT molecular complexity index is 285. The minimum Gasteiger partial charge on any atom is -0.465 e. The maximum absolute atomic E-state index is 11.2. The number of carbonyl (C=O) groups is 1. The van der Waals surface area contributed by atoms with E-state index in [-0.39, 0.29) is 5.97 Å². The van der Waals surface area contributed by atoms with Crippen molar-refractivity contribution in [2.75, 3.05) is 6.61 Å². The van der Waals surface area contributed by atoms with E-state index in [1.165, 1.54) is 0 Å². The first kappa shape index (κ1) is 11.1. The number of alkyl halides is 1. The SMILES string of the molecule is CCOC(=O)[C@H](Cl)Cc1ccccc1. The zero-order valence-electron chi connectivity index (χ0n) is 8.07. The summed E-state index contributed by atoms with van der Waals surface area (Å²) >= 11 is 5.87. The number of ether oxygens (including phenoxy) is 1. The molecule has 3 heteroatoms. The van der Waals surface area contributed by atoms with E-state index in [1.54, 1.807) is 6.92 Å². The number of halogens is 1. The van der Waals surface area contributed by atoms with Crippen LogP contribution < -0.4 is 0 Å². The topological polar surface area (TPSA) is 26.3 Å². The molecule has 0 heterocycles. The molecular weight excluding hydrogens is 200 g/mol. The van der Waals surface area contributed by atoms with Crippen LogP contribution in [0.4, 0.5) is 0 Å². The van der Waals surface area contributed by atoms with Crippen LogP contribution >= 0.6 is 11.6 Å². The van der Waals surface area contributed by atoms with E-state index in [0.717, 1.165) is 5.56 Å². The van der Waals surface area contributed by atoms with E-state index in [9.17, 15) is 4.79 Å². The maximum Gasteiger partial charge on any atom is 0.324 e. The number of benzene rings is 1. The summed E-state index contributed by atoms with van der Waals surface area (Å²) in [7, 11) is 0. The zero-order valence-corrected chi connectivity index (χ0v) is 8.83. The van der Waals surface area contributed by atoms with Gasteiger partial charge in [0.05, 0.1) is 6.61 Å². The molecule has 0 aromatic heterocycles. The van der Waals surface area contributed by atoms with Crippen LogP contribution in [0.5, 0.6) is 0 Å². The van der Waals surface area contributed by atoms with Gasteiger partial charge in [0.1, 0.15) is 5.38 Å². The Labute approximate surface area is 88.8 Å². The minimum atomic E-state index is -0.586. The first-order chi connectivity index (χ1) is 6.74. The third-order valence-electron chi connectivity index (χ3n) is 1.80. The standard InChI is InChI=1S/C11H13ClO2/c1-2-14-11(13)10(12)8-9-6-4-3-5-7-9/h3-7,10H,2,8H2,1H3/t10-/m1/s1. The van der Waals surface area contributed by atoms with Crippen LogP contribution in [0.3, 0.4) is 0 Å². The second-order valence-electron chi connectivity index (χ2n) is 2.91. The normalized spacial score (nSPS) is 12.1. The third kappa shape index (κ3) is 3.38. The van der Waals surface area contributed by atoms with Crippen molar-refractivity contribution in [2.24, 2.45) is 0 Å². The second kappa shape index (κ2) is 5.66. The van der Waals surface area contributed by atoms with E-state index in [2.05, 4.69) is 0 Å². The van der Waals surface area contributed by atoms with E-state index in [4.69, 9.17) is 16.3 Å². The molecule has 0 fully saturated rings. The molecule has 0 radical (unpaired) electrons.